The molecule has 0 heterocycles. The summed E-state index contributed by atoms with van der Waals surface area (Å²) in [4.78, 5) is 22.1. The highest BCUT2D eigenvalue weighted by atomic mass is 32.2. The Balaban J connectivity index is 1.93. The van der Waals surface area contributed by atoms with E-state index in [0.29, 0.717) is 6.54 Å². The van der Waals surface area contributed by atoms with Crippen LogP contribution in [0.15, 0.2) is 41.3 Å². The van der Waals surface area contributed by atoms with Gasteiger partial charge in [-0.2, -0.15) is 0 Å². The van der Waals surface area contributed by atoms with E-state index in [-0.39, 0.29) is 29.5 Å². The van der Waals surface area contributed by atoms with Crippen LogP contribution in [0.4, 0.5) is 11.4 Å². The molecule has 0 aliphatic carbocycles. The van der Waals surface area contributed by atoms with E-state index in [2.05, 4.69) is 10.6 Å². The Morgan fingerprint density at radius 3 is 2.50 bits per heavy atom. The predicted molar refractivity (Wildman–Crippen MR) is 105 cm³/mol. The van der Waals surface area contributed by atoms with Crippen LogP contribution in [0, 0.1) is 24.0 Å². The van der Waals surface area contributed by atoms with Crippen LogP contribution in [0.25, 0.3) is 0 Å². The molecule has 0 aliphatic heterocycles. The predicted octanol–water partition coefficient (Wildman–Crippen LogP) is 1.98. The summed E-state index contributed by atoms with van der Waals surface area (Å²) in [6.07, 6.45) is 0.0962. The molecule has 2 aromatic carbocycles. The number of nitrogens with one attached hydrogen (secondary N) is 2. The van der Waals surface area contributed by atoms with Gasteiger partial charge < -0.3 is 10.6 Å². The van der Waals surface area contributed by atoms with Gasteiger partial charge in [0.05, 0.1) is 9.82 Å². The summed E-state index contributed by atoms with van der Waals surface area (Å²) < 4.78 is 22.7. The topological polar surface area (TPSA) is 144 Å². The maximum absolute atomic E-state index is 12.0. The number of nitrogens with two attached hydrogens (primary N) is 1. The summed E-state index contributed by atoms with van der Waals surface area (Å²) in [5, 5.41) is 21.7. The van der Waals surface area contributed by atoms with E-state index in [4.69, 9.17) is 5.14 Å². The van der Waals surface area contributed by atoms with Crippen LogP contribution in [0.1, 0.15) is 23.1 Å². The number of aryl methyl sites for hydroxylation is 2. The molecule has 2 rings (SSSR count). The van der Waals surface area contributed by atoms with Crippen molar-refractivity contribution in [3.05, 3.63) is 63.2 Å². The minimum absolute atomic E-state index is 0.0962. The van der Waals surface area contributed by atoms with Gasteiger partial charge in [-0.3, -0.25) is 14.9 Å². The van der Waals surface area contributed by atoms with Crippen LogP contribution in [0.2, 0.25) is 0 Å². The molecule has 0 unspecified atom stereocenters. The third-order valence-corrected chi connectivity index (χ3v) is 5.05. The second-order valence-electron chi connectivity index (χ2n) is 6.36. The number of hydrogen-bond donors (Lipinski definition) is 3. The number of carbonyl (C=O) groups is 1. The Morgan fingerprint density at radius 2 is 1.89 bits per heavy atom. The molecule has 0 bridgehead atoms. The number of benzene rings is 2. The van der Waals surface area contributed by atoms with Gasteiger partial charge in [0.25, 0.3) is 5.69 Å². The minimum Gasteiger partial charge on any atom is -0.379 e. The average Bonchev–Trinajstić information content (AvgIpc) is 2.60. The quantitative estimate of drug-likeness (QED) is 0.451. The van der Waals surface area contributed by atoms with E-state index in [1.54, 1.807) is 0 Å². The van der Waals surface area contributed by atoms with Gasteiger partial charge in [0.1, 0.15) is 5.69 Å². The van der Waals surface area contributed by atoms with Crippen LogP contribution >= 0.6 is 0 Å². The second kappa shape index (κ2) is 8.81. The van der Waals surface area contributed by atoms with Crippen molar-refractivity contribution in [2.24, 2.45) is 5.14 Å². The summed E-state index contributed by atoms with van der Waals surface area (Å²) >= 11 is 0. The molecule has 0 radical (unpaired) electrons. The molecule has 28 heavy (non-hydrogen) atoms. The Bertz CT molecular complexity index is 1010. The number of anilines is 1. The zero-order valence-electron chi connectivity index (χ0n) is 15.6. The number of nitrogens with zero attached hydrogens (tertiary/aromatic N) is 1. The zero-order valence-corrected chi connectivity index (χ0v) is 16.4. The summed E-state index contributed by atoms with van der Waals surface area (Å²) in [7, 11) is -4.05. The summed E-state index contributed by atoms with van der Waals surface area (Å²) in [5.74, 6) is -0.212. The van der Waals surface area contributed by atoms with Crippen molar-refractivity contribution in [2.45, 2.75) is 31.7 Å². The number of amides is 1. The Labute approximate surface area is 163 Å². The average molecular weight is 406 g/mol. The Morgan fingerprint density at radius 1 is 1.18 bits per heavy atom. The van der Waals surface area contributed by atoms with Crippen molar-refractivity contribution in [3.63, 3.8) is 0 Å². The first-order chi connectivity index (χ1) is 13.1. The number of sulfonamides is 1. The molecule has 10 heteroatoms. The number of rotatable bonds is 8. The second-order valence-corrected chi connectivity index (χ2v) is 7.93. The van der Waals surface area contributed by atoms with Gasteiger partial charge in [0.15, 0.2) is 0 Å². The highest BCUT2D eigenvalue weighted by Gasteiger charge is 2.19. The van der Waals surface area contributed by atoms with E-state index in [1.807, 2.05) is 32.0 Å². The minimum atomic E-state index is -4.05. The van der Waals surface area contributed by atoms with Crippen molar-refractivity contribution < 1.29 is 18.1 Å². The molecule has 0 saturated carbocycles. The third kappa shape index (κ3) is 5.76. The molecule has 0 aromatic heterocycles. The fourth-order valence-electron chi connectivity index (χ4n) is 2.63. The molecular formula is C18H22N4O5S. The lowest BCUT2D eigenvalue weighted by Gasteiger charge is -2.10. The fourth-order valence-corrected chi connectivity index (χ4v) is 3.16. The van der Waals surface area contributed by atoms with Gasteiger partial charge in [0.2, 0.25) is 15.9 Å². The molecule has 4 N–H and O–H groups in total. The van der Waals surface area contributed by atoms with Crippen LogP contribution in [0.3, 0.4) is 0 Å². The molecule has 0 atom stereocenters. The molecule has 0 spiro atoms. The van der Waals surface area contributed by atoms with Crippen molar-refractivity contribution in [1.82, 2.24) is 5.32 Å². The maximum Gasteiger partial charge on any atom is 0.293 e. The maximum atomic E-state index is 12.0. The van der Waals surface area contributed by atoms with Crippen LogP contribution < -0.4 is 15.8 Å². The van der Waals surface area contributed by atoms with Crippen LogP contribution in [-0.4, -0.2) is 25.8 Å². The first-order valence-electron chi connectivity index (χ1n) is 8.46. The lowest BCUT2D eigenvalue weighted by atomic mass is 10.1. The smallest absolute Gasteiger partial charge is 0.293 e. The largest absolute Gasteiger partial charge is 0.379 e. The van der Waals surface area contributed by atoms with Gasteiger partial charge in [-0.25, -0.2) is 13.6 Å². The fraction of sp³-hybridized carbons (Fsp3) is 0.278. The first kappa shape index (κ1) is 21.3. The normalized spacial score (nSPS) is 11.1. The third-order valence-electron chi connectivity index (χ3n) is 4.14. The Kier molecular flexibility index (Phi) is 6.71. The van der Waals surface area contributed by atoms with E-state index in [0.717, 1.165) is 22.8 Å². The zero-order chi connectivity index (χ0) is 20.9. The van der Waals surface area contributed by atoms with Gasteiger partial charge in [-0.05, 0) is 37.1 Å². The monoisotopic (exact) mass is 406 g/mol. The van der Waals surface area contributed by atoms with Crippen molar-refractivity contribution in [1.29, 1.82) is 0 Å². The van der Waals surface area contributed by atoms with Crippen LogP contribution in [0.5, 0.6) is 0 Å². The van der Waals surface area contributed by atoms with Gasteiger partial charge >= 0.3 is 0 Å². The number of nitro benzene ring substituents is 1. The van der Waals surface area contributed by atoms with Crippen LogP contribution in [-0.2, 0) is 21.4 Å². The lowest BCUT2D eigenvalue weighted by molar-refractivity contribution is -0.384. The van der Waals surface area contributed by atoms with E-state index in [9.17, 15) is 23.3 Å². The molecule has 0 aliphatic rings. The Hall–Kier alpha value is -2.98. The van der Waals surface area contributed by atoms with Gasteiger partial charge in [-0.1, -0.05) is 23.8 Å². The molecule has 9 nitrogen and oxygen atoms in total. The number of carbonyl (C=O) groups excluding carboxylic acids is 1. The van der Waals surface area contributed by atoms with E-state index < -0.39 is 20.6 Å². The van der Waals surface area contributed by atoms with Crippen molar-refractivity contribution >= 4 is 27.3 Å². The summed E-state index contributed by atoms with van der Waals surface area (Å²) in [6.45, 7) is 4.51. The SMILES string of the molecule is Cc1ccc(CNC(=O)CCNc2ccc(S(N)(=O)=O)cc2[N+](=O)[O-])c(C)c1. The van der Waals surface area contributed by atoms with Crippen molar-refractivity contribution in [3.8, 4) is 0 Å². The molecular weight excluding hydrogens is 384 g/mol. The first-order valence-corrected chi connectivity index (χ1v) is 10.0. The lowest BCUT2D eigenvalue weighted by Crippen LogP contribution is -2.25. The molecule has 0 fully saturated rings. The van der Waals surface area contributed by atoms with Crippen molar-refractivity contribution in [2.75, 3.05) is 11.9 Å². The highest BCUT2D eigenvalue weighted by molar-refractivity contribution is 7.89. The number of nitro groups is 1. The molecule has 1 amide bonds. The number of hydrogen-bond acceptors (Lipinski definition) is 6. The highest BCUT2D eigenvalue weighted by Crippen LogP contribution is 2.27. The van der Waals surface area contributed by atoms with Gasteiger partial charge in [-0.15, -0.1) is 0 Å². The number of primary sulfonamides is 1. The molecule has 0 saturated heterocycles. The molecule has 150 valence electrons. The van der Waals surface area contributed by atoms with E-state index >= 15 is 0 Å². The van der Waals surface area contributed by atoms with E-state index in [1.165, 1.54) is 12.1 Å². The van der Waals surface area contributed by atoms with Gasteiger partial charge in [0, 0.05) is 25.6 Å². The summed E-state index contributed by atoms with van der Waals surface area (Å²) in [5.41, 5.74) is 2.93. The summed E-state index contributed by atoms with van der Waals surface area (Å²) in [6, 6.07) is 9.28. The standard InChI is InChI=1S/C18H22N4O5S/c1-12-3-4-14(13(2)9-12)11-21-18(23)7-8-20-16-6-5-15(28(19,26)27)10-17(16)22(24)25/h3-6,9-10,20H,7-8,11H2,1-2H3,(H,21,23)(H2,19,26,27). The molecule has 2 aromatic rings.